The molecule has 1 N–H and O–H groups in total. The number of amides is 1. The summed E-state index contributed by atoms with van der Waals surface area (Å²) in [6, 6.07) is 12.6. The van der Waals surface area contributed by atoms with Crippen LogP contribution in [0.25, 0.3) is 0 Å². The SMILES string of the molecule is CC[C@@H](C(=O)NCCCN1CCCc2ccccc21)N(c1ccc(F)cc1)S(C)(=O)=O. The Balaban J connectivity index is 1.61. The van der Waals surface area contributed by atoms with Crippen molar-refractivity contribution < 1.29 is 17.6 Å². The van der Waals surface area contributed by atoms with Gasteiger partial charge in [0.1, 0.15) is 11.9 Å². The van der Waals surface area contributed by atoms with Gasteiger partial charge in [-0.05, 0) is 61.6 Å². The molecule has 0 aromatic heterocycles. The molecule has 31 heavy (non-hydrogen) atoms. The second-order valence-corrected chi connectivity index (χ2v) is 9.68. The molecule has 0 spiro atoms. The van der Waals surface area contributed by atoms with Gasteiger partial charge in [0.25, 0.3) is 0 Å². The van der Waals surface area contributed by atoms with Crippen LogP contribution in [0.1, 0.15) is 31.7 Å². The van der Waals surface area contributed by atoms with Gasteiger partial charge in [-0.1, -0.05) is 25.1 Å². The van der Waals surface area contributed by atoms with Crippen LogP contribution in [0, 0.1) is 5.82 Å². The Bertz CT molecular complexity index is 995. The molecule has 0 unspecified atom stereocenters. The molecule has 0 saturated carbocycles. The summed E-state index contributed by atoms with van der Waals surface area (Å²) in [5.74, 6) is -0.815. The number of hydrogen-bond acceptors (Lipinski definition) is 4. The summed E-state index contributed by atoms with van der Waals surface area (Å²) in [6.07, 6.45) is 4.32. The van der Waals surface area contributed by atoms with Crippen LogP contribution in [0.5, 0.6) is 0 Å². The van der Waals surface area contributed by atoms with Crippen molar-refractivity contribution in [3.8, 4) is 0 Å². The second-order valence-electron chi connectivity index (χ2n) is 7.82. The number of aryl methyl sites for hydroxylation is 1. The highest BCUT2D eigenvalue weighted by Gasteiger charge is 2.31. The van der Waals surface area contributed by atoms with Gasteiger partial charge in [0, 0.05) is 25.3 Å². The molecule has 6 nitrogen and oxygen atoms in total. The smallest absolute Gasteiger partial charge is 0.243 e. The quantitative estimate of drug-likeness (QED) is 0.599. The number of para-hydroxylation sites is 1. The van der Waals surface area contributed by atoms with Crippen LogP contribution < -0.4 is 14.5 Å². The number of benzene rings is 2. The summed E-state index contributed by atoms with van der Waals surface area (Å²) in [5.41, 5.74) is 2.88. The van der Waals surface area contributed by atoms with Crippen LogP contribution in [-0.2, 0) is 21.2 Å². The van der Waals surface area contributed by atoms with Gasteiger partial charge in [-0.25, -0.2) is 12.8 Å². The van der Waals surface area contributed by atoms with Crippen LogP contribution in [-0.4, -0.2) is 46.3 Å². The lowest BCUT2D eigenvalue weighted by molar-refractivity contribution is -0.122. The Morgan fingerprint density at radius 1 is 1.19 bits per heavy atom. The van der Waals surface area contributed by atoms with E-state index in [1.165, 1.54) is 35.5 Å². The van der Waals surface area contributed by atoms with Crippen LogP contribution in [0.3, 0.4) is 0 Å². The van der Waals surface area contributed by atoms with E-state index in [4.69, 9.17) is 0 Å². The monoisotopic (exact) mass is 447 g/mol. The van der Waals surface area contributed by atoms with Crippen molar-refractivity contribution in [1.82, 2.24) is 5.32 Å². The minimum Gasteiger partial charge on any atom is -0.371 e. The maximum atomic E-state index is 13.3. The zero-order valence-electron chi connectivity index (χ0n) is 18.1. The molecule has 2 aromatic rings. The first-order valence-corrected chi connectivity index (χ1v) is 12.5. The molecular formula is C23H30FN3O3S. The lowest BCUT2D eigenvalue weighted by Gasteiger charge is -2.32. The zero-order valence-corrected chi connectivity index (χ0v) is 18.9. The molecule has 3 rings (SSSR count). The first-order valence-electron chi connectivity index (χ1n) is 10.7. The maximum absolute atomic E-state index is 13.3. The number of rotatable bonds is 9. The minimum atomic E-state index is -3.73. The van der Waals surface area contributed by atoms with Gasteiger partial charge in [0.15, 0.2) is 0 Å². The van der Waals surface area contributed by atoms with Gasteiger partial charge in [-0.15, -0.1) is 0 Å². The van der Waals surface area contributed by atoms with Crippen molar-refractivity contribution in [3.63, 3.8) is 0 Å². The summed E-state index contributed by atoms with van der Waals surface area (Å²) < 4.78 is 39.2. The van der Waals surface area contributed by atoms with Gasteiger partial charge in [-0.2, -0.15) is 0 Å². The van der Waals surface area contributed by atoms with Crippen molar-refractivity contribution in [2.75, 3.05) is 35.1 Å². The predicted molar refractivity (Wildman–Crippen MR) is 122 cm³/mol. The molecule has 0 bridgehead atoms. The van der Waals surface area contributed by atoms with E-state index in [0.717, 1.165) is 42.9 Å². The number of hydrogen-bond donors (Lipinski definition) is 1. The third-order valence-corrected chi connectivity index (χ3v) is 6.70. The van der Waals surface area contributed by atoms with Crippen molar-refractivity contribution >= 4 is 27.3 Å². The third-order valence-electron chi connectivity index (χ3n) is 5.52. The number of nitrogens with zero attached hydrogens (tertiary/aromatic N) is 2. The molecule has 0 aliphatic carbocycles. The third kappa shape index (κ3) is 5.76. The Hall–Kier alpha value is -2.61. The van der Waals surface area contributed by atoms with E-state index < -0.39 is 21.9 Å². The standard InChI is InChI=1S/C23H30FN3O3S/c1-3-21(27(31(2,29)30)20-13-11-19(24)12-14-20)23(28)25-15-7-17-26-16-6-9-18-8-4-5-10-22(18)26/h4-5,8,10-14,21H,3,6-7,9,15-17H2,1-2H3,(H,25,28)/t21-/m0/s1. The van der Waals surface area contributed by atoms with Crippen molar-refractivity contribution in [3.05, 3.63) is 59.9 Å². The molecule has 2 aromatic carbocycles. The Kier molecular flexibility index (Phi) is 7.54. The highest BCUT2D eigenvalue weighted by molar-refractivity contribution is 7.92. The highest BCUT2D eigenvalue weighted by Crippen LogP contribution is 2.26. The van der Waals surface area contributed by atoms with Gasteiger partial charge in [-0.3, -0.25) is 9.10 Å². The lowest BCUT2D eigenvalue weighted by Crippen LogP contribution is -2.49. The second kappa shape index (κ2) is 10.1. The number of carbonyl (C=O) groups is 1. The minimum absolute atomic E-state index is 0.274. The average Bonchev–Trinajstić information content (AvgIpc) is 2.75. The molecule has 1 amide bonds. The van der Waals surface area contributed by atoms with Crippen molar-refractivity contribution in [2.24, 2.45) is 0 Å². The summed E-state index contributed by atoms with van der Waals surface area (Å²) in [7, 11) is -3.73. The van der Waals surface area contributed by atoms with Gasteiger partial charge in [0.2, 0.25) is 15.9 Å². The molecular weight excluding hydrogens is 417 g/mol. The summed E-state index contributed by atoms with van der Waals surface area (Å²) in [4.78, 5) is 15.2. The summed E-state index contributed by atoms with van der Waals surface area (Å²) >= 11 is 0. The summed E-state index contributed by atoms with van der Waals surface area (Å²) in [5, 5.41) is 2.89. The average molecular weight is 448 g/mol. The van der Waals surface area contributed by atoms with Gasteiger partial charge >= 0.3 is 0 Å². The maximum Gasteiger partial charge on any atom is 0.243 e. The Labute approximate surface area is 184 Å². The van der Waals surface area contributed by atoms with Crippen LogP contribution in [0.4, 0.5) is 15.8 Å². The fourth-order valence-electron chi connectivity index (χ4n) is 4.09. The largest absolute Gasteiger partial charge is 0.371 e. The number of anilines is 2. The molecule has 1 heterocycles. The molecule has 8 heteroatoms. The normalized spacial score (nSPS) is 14.6. The van der Waals surface area contributed by atoms with Crippen LogP contribution >= 0.6 is 0 Å². The van der Waals surface area contributed by atoms with E-state index >= 15 is 0 Å². The first-order chi connectivity index (χ1) is 14.8. The summed E-state index contributed by atoms with van der Waals surface area (Å²) in [6.45, 7) is 4.03. The number of carbonyl (C=O) groups excluding carboxylic acids is 1. The molecule has 1 atom stereocenters. The number of fused-ring (bicyclic) bond motifs is 1. The fraction of sp³-hybridized carbons (Fsp3) is 0.435. The number of halogens is 1. The van der Waals surface area contributed by atoms with E-state index in [2.05, 4.69) is 28.4 Å². The molecule has 168 valence electrons. The van der Waals surface area contributed by atoms with Crippen molar-refractivity contribution in [2.45, 2.75) is 38.6 Å². The lowest BCUT2D eigenvalue weighted by atomic mass is 10.0. The zero-order chi connectivity index (χ0) is 22.4. The first kappa shape index (κ1) is 23.1. The van der Waals surface area contributed by atoms with Crippen LogP contribution in [0.15, 0.2) is 48.5 Å². The van der Waals surface area contributed by atoms with Gasteiger partial charge < -0.3 is 10.2 Å². The van der Waals surface area contributed by atoms with E-state index in [9.17, 15) is 17.6 Å². The van der Waals surface area contributed by atoms with E-state index in [0.29, 0.717) is 13.0 Å². The molecule has 1 aliphatic heterocycles. The number of sulfonamides is 1. The van der Waals surface area contributed by atoms with E-state index in [1.807, 2.05) is 6.07 Å². The van der Waals surface area contributed by atoms with Crippen LogP contribution in [0.2, 0.25) is 0 Å². The van der Waals surface area contributed by atoms with Crippen molar-refractivity contribution in [1.29, 1.82) is 0 Å². The van der Waals surface area contributed by atoms with E-state index in [-0.39, 0.29) is 11.6 Å². The predicted octanol–water partition coefficient (Wildman–Crippen LogP) is 3.33. The number of nitrogens with one attached hydrogen (secondary N) is 1. The molecule has 0 radical (unpaired) electrons. The molecule has 1 aliphatic rings. The topological polar surface area (TPSA) is 69.7 Å². The fourth-order valence-corrected chi connectivity index (χ4v) is 5.30. The highest BCUT2D eigenvalue weighted by atomic mass is 32.2. The Morgan fingerprint density at radius 3 is 2.58 bits per heavy atom. The van der Waals surface area contributed by atoms with E-state index in [1.54, 1.807) is 6.92 Å². The Morgan fingerprint density at radius 2 is 1.90 bits per heavy atom. The van der Waals surface area contributed by atoms with Gasteiger partial charge in [0.05, 0.1) is 11.9 Å². The molecule has 0 saturated heterocycles. The molecule has 0 fully saturated rings.